The van der Waals surface area contributed by atoms with Crippen LogP contribution in [0.15, 0.2) is 24.3 Å². The van der Waals surface area contributed by atoms with Crippen LogP contribution in [0.25, 0.3) is 0 Å². The van der Waals surface area contributed by atoms with Crippen molar-refractivity contribution in [3.8, 4) is 0 Å². The number of halogens is 2. The Morgan fingerprint density at radius 1 is 1.50 bits per heavy atom. The van der Waals surface area contributed by atoms with Gasteiger partial charge < -0.3 is 10.6 Å². The molecule has 0 saturated carbocycles. The minimum absolute atomic E-state index is 0. The first-order valence-corrected chi connectivity index (χ1v) is 6.00. The van der Waals surface area contributed by atoms with Gasteiger partial charge in [0.05, 0.1) is 0 Å². The van der Waals surface area contributed by atoms with Crippen molar-refractivity contribution in [3.63, 3.8) is 0 Å². The van der Waals surface area contributed by atoms with Gasteiger partial charge in [-0.3, -0.25) is 4.79 Å². The average Bonchev–Trinajstić information content (AvgIpc) is 2.37. The summed E-state index contributed by atoms with van der Waals surface area (Å²) < 4.78 is 12.9. The number of benzene rings is 1. The summed E-state index contributed by atoms with van der Waals surface area (Å²) in [6.45, 7) is 2.67. The highest BCUT2D eigenvalue weighted by Crippen LogP contribution is 2.09. The van der Waals surface area contributed by atoms with E-state index in [1.807, 2.05) is 0 Å². The Hall–Kier alpha value is -1.13. The molecule has 3 nitrogen and oxygen atoms in total. The van der Waals surface area contributed by atoms with Crippen molar-refractivity contribution in [2.45, 2.75) is 12.8 Å². The van der Waals surface area contributed by atoms with Crippen LogP contribution in [0.1, 0.15) is 23.2 Å². The fourth-order valence-corrected chi connectivity index (χ4v) is 2.07. The minimum atomic E-state index is -0.378. The van der Waals surface area contributed by atoms with Crippen molar-refractivity contribution in [3.05, 3.63) is 35.6 Å². The van der Waals surface area contributed by atoms with E-state index in [1.165, 1.54) is 12.1 Å². The van der Waals surface area contributed by atoms with Crippen LogP contribution in [0.2, 0.25) is 0 Å². The SMILES string of the molecule is Cl.O=C(NCC1CCCNC1)c1cccc(F)c1. The van der Waals surface area contributed by atoms with Gasteiger partial charge in [0, 0.05) is 12.1 Å². The lowest BCUT2D eigenvalue weighted by Crippen LogP contribution is -2.38. The molecule has 1 heterocycles. The summed E-state index contributed by atoms with van der Waals surface area (Å²) in [5.41, 5.74) is 0.383. The topological polar surface area (TPSA) is 41.1 Å². The number of nitrogens with one attached hydrogen (secondary N) is 2. The predicted molar refractivity (Wildman–Crippen MR) is 71.6 cm³/mol. The van der Waals surface area contributed by atoms with E-state index in [9.17, 15) is 9.18 Å². The second-order valence-corrected chi connectivity index (χ2v) is 4.43. The molecule has 1 aliphatic rings. The third kappa shape index (κ3) is 4.27. The summed E-state index contributed by atoms with van der Waals surface area (Å²) in [5.74, 6) is -0.0895. The van der Waals surface area contributed by atoms with Gasteiger partial charge in [-0.25, -0.2) is 4.39 Å². The Bertz CT molecular complexity index is 394. The van der Waals surface area contributed by atoms with Gasteiger partial charge in [-0.1, -0.05) is 6.07 Å². The molecule has 0 aliphatic carbocycles. The van der Waals surface area contributed by atoms with Crippen molar-refractivity contribution in [1.82, 2.24) is 10.6 Å². The molecular formula is C13H18ClFN2O. The summed E-state index contributed by atoms with van der Waals surface area (Å²) in [6, 6.07) is 5.76. The number of piperidine rings is 1. The standard InChI is InChI=1S/C13H17FN2O.ClH/c14-12-5-1-4-11(7-12)13(17)16-9-10-3-2-6-15-8-10;/h1,4-5,7,10,15H,2-3,6,8-9H2,(H,16,17);1H. The maximum atomic E-state index is 12.9. The first-order valence-electron chi connectivity index (χ1n) is 6.00. The quantitative estimate of drug-likeness (QED) is 0.883. The van der Waals surface area contributed by atoms with E-state index in [4.69, 9.17) is 0 Å². The third-order valence-electron chi connectivity index (χ3n) is 3.04. The summed E-state index contributed by atoms with van der Waals surface area (Å²) >= 11 is 0. The number of carbonyl (C=O) groups is 1. The van der Waals surface area contributed by atoms with Crippen LogP contribution in [0.5, 0.6) is 0 Å². The summed E-state index contributed by atoms with van der Waals surface area (Å²) in [4.78, 5) is 11.7. The van der Waals surface area contributed by atoms with Gasteiger partial charge in [0.25, 0.3) is 5.91 Å². The molecule has 18 heavy (non-hydrogen) atoms. The van der Waals surface area contributed by atoms with Crippen LogP contribution < -0.4 is 10.6 Å². The van der Waals surface area contributed by atoms with Crippen molar-refractivity contribution < 1.29 is 9.18 Å². The Labute approximate surface area is 113 Å². The van der Waals surface area contributed by atoms with E-state index in [-0.39, 0.29) is 24.1 Å². The lowest BCUT2D eigenvalue weighted by molar-refractivity contribution is 0.0944. The molecule has 1 atom stereocenters. The Morgan fingerprint density at radius 2 is 2.33 bits per heavy atom. The van der Waals surface area contributed by atoms with E-state index in [0.29, 0.717) is 18.0 Å². The largest absolute Gasteiger partial charge is 0.352 e. The van der Waals surface area contributed by atoms with E-state index in [0.717, 1.165) is 25.9 Å². The van der Waals surface area contributed by atoms with Crippen LogP contribution in [0, 0.1) is 11.7 Å². The van der Waals surface area contributed by atoms with Crippen molar-refractivity contribution in [1.29, 1.82) is 0 Å². The van der Waals surface area contributed by atoms with Crippen molar-refractivity contribution in [2.24, 2.45) is 5.92 Å². The molecule has 1 amide bonds. The van der Waals surface area contributed by atoms with Gasteiger partial charge >= 0.3 is 0 Å². The zero-order chi connectivity index (χ0) is 12.1. The van der Waals surface area contributed by atoms with Crippen LogP contribution in [0.3, 0.4) is 0 Å². The number of rotatable bonds is 3. The molecule has 0 aromatic heterocycles. The smallest absolute Gasteiger partial charge is 0.251 e. The zero-order valence-corrected chi connectivity index (χ0v) is 10.9. The Balaban J connectivity index is 0.00000162. The second-order valence-electron chi connectivity index (χ2n) is 4.43. The molecule has 1 fully saturated rings. The molecule has 2 N–H and O–H groups in total. The van der Waals surface area contributed by atoms with Crippen LogP contribution in [0.4, 0.5) is 4.39 Å². The maximum absolute atomic E-state index is 12.9. The maximum Gasteiger partial charge on any atom is 0.251 e. The molecule has 1 saturated heterocycles. The van der Waals surface area contributed by atoms with E-state index < -0.39 is 0 Å². The normalized spacial score (nSPS) is 18.8. The molecule has 0 bridgehead atoms. The summed E-state index contributed by atoms with van der Waals surface area (Å²) in [6.07, 6.45) is 2.29. The second kappa shape index (κ2) is 7.34. The molecule has 100 valence electrons. The Kier molecular flexibility index (Phi) is 6.09. The van der Waals surface area contributed by atoms with Crippen LogP contribution in [-0.4, -0.2) is 25.5 Å². The van der Waals surface area contributed by atoms with Gasteiger partial charge in [0.2, 0.25) is 0 Å². The first-order chi connectivity index (χ1) is 8.25. The molecule has 1 aliphatic heterocycles. The molecule has 0 spiro atoms. The number of amides is 1. The third-order valence-corrected chi connectivity index (χ3v) is 3.04. The van der Waals surface area contributed by atoms with Crippen molar-refractivity contribution >= 4 is 18.3 Å². The lowest BCUT2D eigenvalue weighted by Gasteiger charge is -2.22. The van der Waals surface area contributed by atoms with E-state index >= 15 is 0 Å². The van der Waals surface area contributed by atoms with Gasteiger partial charge in [0.15, 0.2) is 0 Å². The molecular weight excluding hydrogens is 255 g/mol. The minimum Gasteiger partial charge on any atom is -0.352 e. The van der Waals surface area contributed by atoms with Gasteiger partial charge in [-0.15, -0.1) is 12.4 Å². The highest BCUT2D eigenvalue weighted by Gasteiger charge is 2.14. The molecule has 2 rings (SSSR count). The van der Waals surface area contributed by atoms with E-state index in [1.54, 1.807) is 12.1 Å². The highest BCUT2D eigenvalue weighted by atomic mass is 35.5. The number of carbonyl (C=O) groups excluding carboxylic acids is 1. The summed E-state index contributed by atoms with van der Waals surface area (Å²) in [5, 5.41) is 6.15. The number of hydrogen-bond donors (Lipinski definition) is 2. The average molecular weight is 273 g/mol. The lowest BCUT2D eigenvalue weighted by atomic mass is 10.00. The molecule has 1 aromatic carbocycles. The Morgan fingerprint density at radius 3 is 3.00 bits per heavy atom. The zero-order valence-electron chi connectivity index (χ0n) is 10.1. The molecule has 5 heteroatoms. The van der Waals surface area contributed by atoms with Crippen LogP contribution in [-0.2, 0) is 0 Å². The molecule has 0 radical (unpaired) electrons. The summed E-state index contributed by atoms with van der Waals surface area (Å²) in [7, 11) is 0. The van der Waals surface area contributed by atoms with Gasteiger partial charge in [-0.05, 0) is 50.0 Å². The fourth-order valence-electron chi connectivity index (χ4n) is 2.07. The van der Waals surface area contributed by atoms with Gasteiger partial charge in [-0.2, -0.15) is 0 Å². The fraction of sp³-hybridized carbons (Fsp3) is 0.462. The van der Waals surface area contributed by atoms with Crippen molar-refractivity contribution in [2.75, 3.05) is 19.6 Å². The predicted octanol–water partition coefficient (Wildman–Crippen LogP) is 1.98. The highest BCUT2D eigenvalue weighted by molar-refractivity contribution is 5.94. The van der Waals surface area contributed by atoms with E-state index in [2.05, 4.69) is 10.6 Å². The number of hydrogen-bond acceptors (Lipinski definition) is 2. The first kappa shape index (κ1) is 14.9. The monoisotopic (exact) mass is 272 g/mol. The molecule has 1 unspecified atom stereocenters. The molecule has 1 aromatic rings. The van der Waals surface area contributed by atoms with Gasteiger partial charge in [0.1, 0.15) is 5.82 Å². The van der Waals surface area contributed by atoms with Crippen LogP contribution >= 0.6 is 12.4 Å².